The molecule has 0 N–H and O–H groups in total. The van der Waals surface area contributed by atoms with Gasteiger partial charge in [-0.15, -0.1) is 0 Å². The molecular formula is C11H8F2N2O2. The molecular weight excluding hydrogens is 230 g/mol. The van der Waals surface area contributed by atoms with E-state index in [1.165, 1.54) is 12.1 Å². The molecule has 1 aromatic carbocycles. The van der Waals surface area contributed by atoms with E-state index in [-0.39, 0.29) is 6.61 Å². The lowest BCUT2D eigenvalue weighted by Gasteiger charge is -2.12. The normalized spacial score (nSPS) is 9.29. The van der Waals surface area contributed by atoms with Crippen LogP contribution in [0.3, 0.4) is 0 Å². The number of rotatable bonds is 3. The summed E-state index contributed by atoms with van der Waals surface area (Å²) >= 11 is 0. The Morgan fingerprint density at radius 2 is 1.53 bits per heavy atom. The number of nitrogens with zero attached hydrogens (tertiary/aromatic N) is 2. The van der Waals surface area contributed by atoms with Gasteiger partial charge in [0.2, 0.25) is 11.5 Å². The quantitative estimate of drug-likeness (QED) is 0.808. The highest BCUT2D eigenvalue weighted by atomic mass is 19.1. The Bertz CT molecular complexity index is 526. The van der Waals surface area contributed by atoms with Gasteiger partial charge in [0.05, 0.1) is 13.7 Å². The molecule has 6 heteroatoms. The minimum absolute atomic E-state index is 0.0729. The van der Waals surface area contributed by atoms with E-state index in [0.29, 0.717) is 0 Å². The third-order valence-corrected chi connectivity index (χ3v) is 2.01. The van der Waals surface area contributed by atoms with E-state index in [9.17, 15) is 8.78 Å². The second kappa shape index (κ2) is 5.13. The highest BCUT2D eigenvalue weighted by Gasteiger charge is 2.26. The Morgan fingerprint density at radius 3 is 1.88 bits per heavy atom. The average molecular weight is 238 g/mol. The number of hydrogen-bond acceptors (Lipinski definition) is 4. The Morgan fingerprint density at radius 1 is 1.06 bits per heavy atom. The first-order valence-electron chi connectivity index (χ1n) is 4.64. The van der Waals surface area contributed by atoms with Crippen LogP contribution in [-0.4, -0.2) is 13.7 Å². The van der Waals surface area contributed by atoms with Gasteiger partial charge in [-0.2, -0.15) is 10.5 Å². The van der Waals surface area contributed by atoms with Gasteiger partial charge in [0, 0.05) is 0 Å². The Labute approximate surface area is 96.6 Å². The first-order chi connectivity index (χ1) is 8.12. The van der Waals surface area contributed by atoms with Gasteiger partial charge in [-0.3, -0.25) is 0 Å². The van der Waals surface area contributed by atoms with Crippen LogP contribution in [0.2, 0.25) is 0 Å². The Balaban J connectivity index is 3.70. The standard InChI is InChI=1S/C11H8F2N2O2/c1-3-17-11-9(13)7(5-15)6(4-14)8(12)10(11)16-2/h3H2,1-2H3. The number of benzene rings is 1. The maximum atomic E-state index is 13.8. The highest BCUT2D eigenvalue weighted by molar-refractivity contribution is 5.58. The molecule has 0 saturated carbocycles. The highest BCUT2D eigenvalue weighted by Crippen LogP contribution is 2.37. The van der Waals surface area contributed by atoms with Crippen molar-refractivity contribution in [2.24, 2.45) is 0 Å². The summed E-state index contributed by atoms with van der Waals surface area (Å²) in [4.78, 5) is 0. The first-order valence-corrected chi connectivity index (χ1v) is 4.64. The third-order valence-electron chi connectivity index (χ3n) is 2.01. The minimum atomic E-state index is -1.10. The van der Waals surface area contributed by atoms with Crippen molar-refractivity contribution < 1.29 is 18.3 Å². The predicted molar refractivity (Wildman–Crippen MR) is 53.5 cm³/mol. The lowest BCUT2D eigenvalue weighted by Crippen LogP contribution is -2.05. The van der Waals surface area contributed by atoms with Crippen LogP contribution >= 0.6 is 0 Å². The van der Waals surface area contributed by atoms with Crippen LogP contribution in [0.4, 0.5) is 8.78 Å². The van der Waals surface area contributed by atoms with Gasteiger partial charge in [0.25, 0.3) is 0 Å². The van der Waals surface area contributed by atoms with E-state index in [0.717, 1.165) is 7.11 Å². The molecule has 0 unspecified atom stereocenters. The van der Waals surface area contributed by atoms with Crippen molar-refractivity contribution in [3.05, 3.63) is 22.8 Å². The summed E-state index contributed by atoms with van der Waals surface area (Å²) in [5, 5.41) is 17.4. The molecule has 0 aliphatic carbocycles. The van der Waals surface area contributed by atoms with Crippen molar-refractivity contribution in [1.29, 1.82) is 10.5 Å². The number of ether oxygens (including phenoxy) is 2. The molecule has 0 saturated heterocycles. The van der Waals surface area contributed by atoms with Crippen LogP contribution in [-0.2, 0) is 0 Å². The second-order valence-electron chi connectivity index (χ2n) is 2.90. The van der Waals surface area contributed by atoms with E-state index in [1.54, 1.807) is 6.92 Å². The van der Waals surface area contributed by atoms with Gasteiger partial charge in [0.15, 0.2) is 11.6 Å². The molecule has 0 aromatic heterocycles. The zero-order chi connectivity index (χ0) is 13.0. The summed E-state index contributed by atoms with van der Waals surface area (Å²) in [5.74, 6) is -3.21. The maximum absolute atomic E-state index is 13.8. The monoisotopic (exact) mass is 238 g/mol. The lowest BCUT2D eigenvalue weighted by atomic mass is 10.1. The van der Waals surface area contributed by atoms with Crippen molar-refractivity contribution in [2.75, 3.05) is 13.7 Å². The van der Waals surface area contributed by atoms with Gasteiger partial charge < -0.3 is 9.47 Å². The van der Waals surface area contributed by atoms with Crippen LogP contribution in [0.25, 0.3) is 0 Å². The summed E-state index contributed by atoms with van der Waals surface area (Å²) in [6.45, 7) is 1.64. The molecule has 0 aliphatic heterocycles. The van der Waals surface area contributed by atoms with Crippen molar-refractivity contribution in [3.8, 4) is 23.6 Å². The summed E-state index contributed by atoms with van der Waals surface area (Å²) in [6, 6.07) is 2.86. The van der Waals surface area contributed by atoms with E-state index in [4.69, 9.17) is 15.3 Å². The van der Waals surface area contributed by atoms with Gasteiger partial charge in [-0.05, 0) is 6.92 Å². The Kier molecular flexibility index (Phi) is 3.84. The van der Waals surface area contributed by atoms with Crippen LogP contribution in [0.5, 0.6) is 11.5 Å². The molecule has 0 fully saturated rings. The number of methoxy groups -OCH3 is 1. The smallest absolute Gasteiger partial charge is 0.201 e. The van der Waals surface area contributed by atoms with Gasteiger partial charge >= 0.3 is 0 Å². The molecule has 0 amide bonds. The van der Waals surface area contributed by atoms with Crippen LogP contribution < -0.4 is 9.47 Å². The van der Waals surface area contributed by atoms with Gasteiger partial charge in [-0.1, -0.05) is 0 Å². The molecule has 0 spiro atoms. The van der Waals surface area contributed by atoms with Crippen LogP contribution in [0, 0.1) is 34.3 Å². The minimum Gasteiger partial charge on any atom is -0.490 e. The van der Waals surface area contributed by atoms with Crippen molar-refractivity contribution in [3.63, 3.8) is 0 Å². The number of hydrogen-bond donors (Lipinski definition) is 0. The van der Waals surface area contributed by atoms with Crippen molar-refractivity contribution in [2.45, 2.75) is 6.92 Å². The largest absolute Gasteiger partial charge is 0.490 e. The number of nitriles is 2. The molecule has 17 heavy (non-hydrogen) atoms. The molecule has 1 rings (SSSR count). The molecule has 0 radical (unpaired) electrons. The summed E-state index contributed by atoms with van der Waals surface area (Å²) in [6.07, 6.45) is 0. The van der Waals surface area contributed by atoms with Gasteiger partial charge in [0.1, 0.15) is 23.3 Å². The molecule has 0 bridgehead atoms. The molecule has 0 atom stereocenters. The van der Waals surface area contributed by atoms with Crippen LogP contribution in [0.1, 0.15) is 18.1 Å². The second-order valence-corrected chi connectivity index (χ2v) is 2.90. The van der Waals surface area contributed by atoms with Crippen molar-refractivity contribution >= 4 is 0 Å². The fourth-order valence-corrected chi connectivity index (χ4v) is 1.31. The zero-order valence-corrected chi connectivity index (χ0v) is 9.17. The SMILES string of the molecule is CCOc1c(F)c(C#N)c(C#N)c(F)c1OC. The van der Waals surface area contributed by atoms with E-state index >= 15 is 0 Å². The summed E-state index contributed by atoms with van der Waals surface area (Å²) in [7, 11) is 1.12. The van der Waals surface area contributed by atoms with E-state index in [2.05, 4.69) is 4.74 Å². The van der Waals surface area contributed by atoms with E-state index in [1.807, 2.05) is 0 Å². The van der Waals surface area contributed by atoms with Crippen LogP contribution in [0.15, 0.2) is 0 Å². The molecule has 0 aliphatic rings. The summed E-state index contributed by atoms with van der Waals surface area (Å²) in [5.41, 5.74) is -1.38. The molecule has 0 heterocycles. The Hall–Kier alpha value is -2.34. The average Bonchev–Trinajstić information content (AvgIpc) is 2.33. The topological polar surface area (TPSA) is 66.0 Å². The maximum Gasteiger partial charge on any atom is 0.201 e. The first kappa shape index (κ1) is 12.7. The molecule has 88 valence electrons. The van der Waals surface area contributed by atoms with Gasteiger partial charge in [-0.25, -0.2) is 8.78 Å². The number of halogens is 2. The fraction of sp³-hybridized carbons (Fsp3) is 0.273. The molecule has 4 nitrogen and oxygen atoms in total. The van der Waals surface area contributed by atoms with Crippen molar-refractivity contribution in [1.82, 2.24) is 0 Å². The fourth-order valence-electron chi connectivity index (χ4n) is 1.31. The van der Waals surface area contributed by atoms with E-state index < -0.39 is 34.3 Å². The molecule has 1 aromatic rings. The predicted octanol–water partition coefficient (Wildman–Crippen LogP) is 2.12. The summed E-state index contributed by atoms with van der Waals surface area (Å²) < 4.78 is 37.1. The third kappa shape index (κ3) is 1.98. The lowest BCUT2D eigenvalue weighted by molar-refractivity contribution is 0.285. The zero-order valence-electron chi connectivity index (χ0n) is 9.17.